The Kier molecular flexibility index (Phi) is 2.16. The second-order valence-electron chi connectivity index (χ2n) is 4.78. The fourth-order valence-electron chi connectivity index (χ4n) is 2.06. The second kappa shape index (κ2) is 3.46. The van der Waals surface area contributed by atoms with Gasteiger partial charge in [-0.1, -0.05) is 5.16 Å². The maximum atomic E-state index is 11.9. The number of anilines is 1. The SMILES string of the molecule is CC1C(O)N(c2cc(C3CC3)no2)C(=O)N1C. The first-order chi connectivity index (χ1) is 8.09. The van der Waals surface area contributed by atoms with Gasteiger partial charge in [-0.25, -0.2) is 9.69 Å². The molecule has 0 radical (unpaired) electrons. The highest BCUT2D eigenvalue weighted by Gasteiger charge is 2.43. The quantitative estimate of drug-likeness (QED) is 0.837. The summed E-state index contributed by atoms with van der Waals surface area (Å²) in [4.78, 5) is 14.7. The Morgan fingerprint density at radius 3 is 2.76 bits per heavy atom. The van der Waals surface area contributed by atoms with Gasteiger partial charge in [0.2, 0.25) is 5.88 Å². The second-order valence-corrected chi connectivity index (χ2v) is 4.78. The number of nitrogens with zero attached hydrogens (tertiary/aromatic N) is 3. The summed E-state index contributed by atoms with van der Waals surface area (Å²) in [7, 11) is 1.66. The van der Waals surface area contributed by atoms with E-state index in [0.29, 0.717) is 11.8 Å². The molecular weight excluding hydrogens is 222 g/mol. The van der Waals surface area contributed by atoms with Crippen LogP contribution in [0.1, 0.15) is 31.4 Å². The van der Waals surface area contributed by atoms with Crippen molar-refractivity contribution in [1.29, 1.82) is 0 Å². The molecule has 1 aliphatic heterocycles. The van der Waals surface area contributed by atoms with Gasteiger partial charge < -0.3 is 14.5 Å². The molecule has 1 saturated heterocycles. The highest BCUT2D eigenvalue weighted by Crippen LogP contribution is 2.41. The molecule has 2 fully saturated rings. The van der Waals surface area contributed by atoms with Crippen molar-refractivity contribution in [3.8, 4) is 0 Å². The smallest absolute Gasteiger partial charge is 0.329 e. The van der Waals surface area contributed by atoms with Crippen LogP contribution in [0.3, 0.4) is 0 Å². The molecule has 0 aromatic carbocycles. The van der Waals surface area contributed by atoms with E-state index in [9.17, 15) is 9.90 Å². The fraction of sp³-hybridized carbons (Fsp3) is 0.636. The molecule has 17 heavy (non-hydrogen) atoms. The van der Waals surface area contributed by atoms with E-state index in [-0.39, 0.29) is 12.1 Å². The standard InChI is InChI=1S/C11H15N3O3/c1-6-10(15)14(11(16)13(6)2)9-5-8(12-17-9)7-3-4-7/h5-7,10,15H,3-4H2,1-2H3. The summed E-state index contributed by atoms with van der Waals surface area (Å²) in [5.41, 5.74) is 0.877. The van der Waals surface area contributed by atoms with Gasteiger partial charge in [0, 0.05) is 19.0 Å². The molecule has 2 aliphatic rings. The number of likely N-dealkylation sites (N-methyl/N-ethyl adjacent to an activating group) is 1. The van der Waals surface area contributed by atoms with E-state index in [1.807, 2.05) is 0 Å². The highest BCUT2D eigenvalue weighted by molar-refractivity contribution is 5.93. The first-order valence-corrected chi connectivity index (χ1v) is 5.80. The lowest BCUT2D eigenvalue weighted by molar-refractivity contribution is 0.135. The van der Waals surface area contributed by atoms with Gasteiger partial charge in [-0.3, -0.25) is 0 Å². The molecule has 92 valence electrons. The molecular formula is C11H15N3O3. The van der Waals surface area contributed by atoms with Crippen LogP contribution >= 0.6 is 0 Å². The van der Waals surface area contributed by atoms with Gasteiger partial charge in [0.25, 0.3) is 0 Å². The number of urea groups is 1. The molecule has 2 atom stereocenters. The number of aliphatic hydroxyl groups is 1. The molecule has 6 heteroatoms. The minimum absolute atomic E-state index is 0.253. The first kappa shape index (κ1) is 10.6. The van der Waals surface area contributed by atoms with Crippen LogP contribution in [0.5, 0.6) is 0 Å². The lowest BCUT2D eigenvalue weighted by Gasteiger charge is -2.15. The topological polar surface area (TPSA) is 69.8 Å². The third-order valence-electron chi connectivity index (χ3n) is 3.56. The largest absolute Gasteiger partial charge is 0.371 e. The zero-order valence-electron chi connectivity index (χ0n) is 9.83. The van der Waals surface area contributed by atoms with Crippen LogP contribution in [-0.4, -0.2) is 40.5 Å². The van der Waals surface area contributed by atoms with E-state index in [1.54, 1.807) is 20.0 Å². The molecule has 3 rings (SSSR count). The Balaban J connectivity index is 1.89. The van der Waals surface area contributed by atoms with Gasteiger partial charge in [-0.2, -0.15) is 0 Å². The van der Waals surface area contributed by atoms with Gasteiger partial charge in [0.15, 0.2) is 6.23 Å². The zero-order chi connectivity index (χ0) is 12.2. The van der Waals surface area contributed by atoms with Crippen molar-refractivity contribution in [3.05, 3.63) is 11.8 Å². The molecule has 1 aromatic rings. The number of aromatic nitrogens is 1. The fourth-order valence-corrected chi connectivity index (χ4v) is 2.06. The molecule has 1 aliphatic carbocycles. The number of hydrogen-bond acceptors (Lipinski definition) is 4. The maximum absolute atomic E-state index is 11.9. The van der Waals surface area contributed by atoms with Crippen LogP contribution in [0.15, 0.2) is 10.6 Å². The van der Waals surface area contributed by atoms with Crippen LogP contribution in [-0.2, 0) is 0 Å². The monoisotopic (exact) mass is 237 g/mol. The normalized spacial score (nSPS) is 29.2. The molecule has 1 aromatic heterocycles. The predicted molar refractivity (Wildman–Crippen MR) is 59.6 cm³/mol. The maximum Gasteiger partial charge on any atom is 0.329 e. The molecule has 2 heterocycles. The minimum atomic E-state index is -0.882. The van der Waals surface area contributed by atoms with Crippen molar-refractivity contribution in [2.75, 3.05) is 11.9 Å². The summed E-state index contributed by atoms with van der Waals surface area (Å²) in [5.74, 6) is 0.804. The Morgan fingerprint density at radius 1 is 1.53 bits per heavy atom. The Bertz CT molecular complexity index is 455. The van der Waals surface area contributed by atoms with Crippen molar-refractivity contribution >= 4 is 11.9 Å². The van der Waals surface area contributed by atoms with Crippen molar-refractivity contribution in [2.45, 2.75) is 38.0 Å². The molecule has 6 nitrogen and oxygen atoms in total. The molecule has 0 spiro atoms. The van der Waals surface area contributed by atoms with Crippen molar-refractivity contribution < 1.29 is 14.4 Å². The van der Waals surface area contributed by atoms with E-state index < -0.39 is 6.23 Å². The summed E-state index contributed by atoms with van der Waals surface area (Å²) in [5, 5.41) is 13.9. The molecule has 1 saturated carbocycles. The third kappa shape index (κ3) is 1.51. The Morgan fingerprint density at radius 2 is 2.24 bits per heavy atom. The van der Waals surface area contributed by atoms with Gasteiger partial charge in [0.05, 0.1) is 11.7 Å². The van der Waals surface area contributed by atoms with Crippen LogP contribution in [0, 0.1) is 0 Å². The van der Waals surface area contributed by atoms with Gasteiger partial charge in [-0.15, -0.1) is 0 Å². The average Bonchev–Trinajstić information content (AvgIpc) is 3.03. The number of carbonyl (C=O) groups is 1. The Hall–Kier alpha value is -1.56. The van der Waals surface area contributed by atoms with E-state index >= 15 is 0 Å². The van der Waals surface area contributed by atoms with E-state index in [0.717, 1.165) is 18.5 Å². The Labute approximate surface area is 98.8 Å². The number of amides is 2. The van der Waals surface area contributed by atoms with Crippen molar-refractivity contribution in [2.24, 2.45) is 0 Å². The number of rotatable bonds is 2. The van der Waals surface area contributed by atoms with Crippen LogP contribution in [0.4, 0.5) is 10.7 Å². The number of hydrogen-bond donors (Lipinski definition) is 1. The molecule has 1 N–H and O–H groups in total. The van der Waals surface area contributed by atoms with E-state index in [4.69, 9.17) is 4.52 Å². The minimum Gasteiger partial charge on any atom is -0.371 e. The van der Waals surface area contributed by atoms with Crippen LogP contribution in [0.2, 0.25) is 0 Å². The van der Waals surface area contributed by atoms with Crippen LogP contribution < -0.4 is 4.90 Å². The van der Waals surface area contributed by atoms with Crippen molar-refractivity contribution in [3.63, 3.8) is 0 Å². The number of aliphatic hydroxyl groups excluding tert-OH is 1. The summed E-state index contributed by atoms with van der Waals surface area (Å²) in [6.45, 7) is 1.79. The predicted octanol–water partition coefficient (Wildman–Crippen LogP) is 1.13. The summed E-state index contributed by atoms with van der Waals surface area (Å²) in [6, 6.07) is 1.24. The molecule has 2 unspecified atom stereocenters. The van der Waals surface area contributed by atoms with E-state index in [2.05, 4.69) is 5.16 Å². The lowest BCUT2D eigenvalue weighted by Crippen LogP contribution is -2.35. The third-order valence-corrected chi connectivity index (χ3v) is 3.56. The summed E-state index contributed by atoms with van der Waals surface area (Å²) < 4.78 is 5.16. The van der Waals surface area contributed by atoms with Gasteiger partial charge in [0.1, 0.15) is 0 Å². The van der Waals surface area contributed by atoms with Crippen LogP contribution in [0.25, 0.3) is 0 Å². The van der Waals surface area contributed by atoms with E-state index in [1.165, 1.54) is 9.80 Å². The summed E-state index contributed by atoms with van der Waals surface area (Å²) >= 11 is 0. The molecule has 0 bridgehead atoms. The number of carbonyl (C=O) groups excluding carboxylic acids is 1. The van der Waals surface area contributed by atoms with Crippen molar-refractivity contribution in [1.82, 2.24) is 10.1 Å². The average molecular weight is 237 g/mol. The molecule has 2 amide bonds. The highest BCUT2D eigenvalue weighted by atomic mass is 16.5. The lowest BCUT2D eigenvalue weighted by atomic mass is 10.3. The summed E-state index contributed by atoms with van der Waals surface area (Å²) in [6.07, 6.45) is 1.37. The van der Waals surface area contributed by atoms with Gasteiger partial charge in [-0.05, 0) is 19.8 Å². The zero-order valence-corrected chi connectivity index (χ0v) is 9.83. The van der Waals surface area contributed by atoms with Gasteiger partial charge >= 0.3 is 6.03 Å². The first-order valence-electron chi connectivity index (χ1n) is 5.80.